The van der Waals surface area contributed by atoms with Crippen LogP contribution in [0, 0.1) is 37.5 Å². The first-order valence-corrected chi connectivity index (χ1v) is 16.7. The molecule has 2 aromatic heterocycles. The van der Waals surface area contributed by atoms with E-state index in [1.807, 2.05) is 13.8 Å². The number of carboxylic acids is 1. The standard InChI is InChI=1S/C36H38N6O6/c1-8-20-15(2)23-14-28-31(19(6)43)17(4)25-12-24-16(3)21(9-10-29(44)45)33-22(11-30(46)48-7)34-32(35(47)38-37)18(5)26-13-27(20)39(23)36(40(25)28,41(24)33)42(26)34/h12-16,20-21,37H,8-11H2,1-7H3,(H,44,45)/p+2/t15-,16+,20-,21+,36-/m1/s1. The van der Waals surface area contributed by atoms with E-state index in [2.05, 4.69) is 62.7 Å². The number of ether oxygens (including phenoxy) is 1. The largest absolute Gasteiger partial charge is 0.552 e. The Morgan fingerprint density at radius 1 is 0.979 bits per heavy atom. The van der Waals surface area contributed by atoms with Gasteiger partial charge in [-0.25, -0.2) is 5.84 Å². The molecule has 1 spiro atoms. The van der Waals surface area contributed by atoms with Crippen LogP contribution in [0.5, 0.6) is 0 Å². The molecule has 6 aliphatic heterocycles. The number of carbonyl (C=O) groups is 4. The van der Waals surface area contributed by atoms with Crippen molar-refractivity contribution in [2.75, 3.05) is 7.11 Å². The third-order valence-electron chi connectivity index (χ3n) is 11.9. The van der Waals surface area contributed by atoms with Crippen molar-refractivity contribution in [3.8, 4) is 0 Å². The van der Waals surface area contributed by atoms with Crippen molar-refractivity contribution in [3.63, 3.8) is 0 Å². The van der Waals surface area contributed by atoms with E-state index in [9.17, 15) is 24.3 Å². The summed E-state index contributed by atoms with van der Waals surface area (Å²) in [5.41, 5.74) is 10.9. The Hall–Kier alpha value is -4.84. The molecule has 0 aliphatic carbocycles. The molecule has 0 unspecified atom stereocenters. The number of hydrazine groups is 1. The first kappa shape index (κ1) is 30.5. The molecule has 5 atom stereocenters. The van der Waals surface area contributed by atoms with Gasteiger partial charge in [-0.15, -0.1) is 0 Å². The summed E-state index contributed by atoms with van der Waals surface area (Å²) in [5.74, 6) is 2.60. The predicted molar refractivity (Wildman–Crippen MR) is 176 cm³/mol. The van der Waals surface area contributed by atoms with Crippen molar-refractivity contribution in [1.29, 1.82) is 0 Å². The average Bonchev–Trinajstić information content (AvgIpc) is 3.71. The number of nitrogen functional groups attached to an aromatic ring is 1. The number of nitrogens with zero attached hydrogens (tertiary/aromatic N) is 4. The maximum Gasteiger partial charge on any atom is 0.552 e. The number of nitrogens with two attached hydrogens (primary N) is 1. The summed E-state index contributed by atoms with van der Waals surface area (Å²) >= 11 is 0. The monoisotopic (exact) mass is 652 g/mol. The van der Waals surface area contributed by atoms with Crippen molar-refractivity contribution >= 4 is 58.9 Å². The number of aromatic nitrogens is 2. The summed E-state index contributed by atoms with van der Waals surface area (Å²) in [6.45, 7) is 12.0. The predicted octanol–water partition coefficient (Wildman–Crippen LogP) is 1.77. The number of hydrogen-bond acceptors (Lipinski definition) is 6. The molecule has 0 aromatic carbocycles. The highest BCUT2D eigenvalue weighted by Gasteiger charge is 2.75. The Bertz CT molecular complexity index is 2240. The number of aliphatic carboxylic acids is 1. The molecule has 248 valence electrons. The second kappa shape index (κ2) is 9.85. The number of carbonyl (C=O) groups excluding carboxylic acids is 3. The van der Waals surface area contributed by atoms with Gasteiger partial charge in [0.2, 0.25) is 5.70 Å². The van der Waals surface area contributed by atoms with Crippen molar-refractivity contribution in [3.05, 3.63) is 55.7 Å². The van der Waals surface area contributed by atoms with Crippen LogP contribution in [0.2, 0.25) is 0 Å². The fourth-order valence-corrected chi connectivity index (χ4v) is 9.93. The van der Waals surface area contributed by atoms with Gasteiger partial charge in [-0.3, -0.25) is 24.6 Å². The zero-order valence-corrected chi connectivity index (χ0v) is 28.2. The second-order valence-electron chi connectivity index (χ2n) is 13.9. The lowest BCUT2D eigenvalue weighted by Crippen LogP contribution is -2.70. The zero-order valence-electron chi connectivity index (χ0n) is 28.2. The Kier molecular flexibility index (Phi) is 6.26. The summed E-state index contributed by atoms with van der Waals surface area (Å²) in [4.78, 5) is 52.7. The van der Waals surface area contributed by atoms with E-state index in [1.165, 1.54) is 7.11 Å². The number of hydrogen-bond donors (Lipinski definition) is 3. The van der Waals surface area contributed by atoms with Gasteiger partial charge < -0.3 is 9.84 Å². The van der Waals surface area contributed by atoms with Crippen LogP contribution in [0.25, 0.3) is 23.8 Å². The summed E-state index contributed by atoms with van der Waals surface area (Å²) in [7, 11) is 1.34. The number of carboxylic acid groups (broad SMARTS) is 1. The van der Waals surface area contributed by atoms with E-state index in [0.29, 0.717) is 34.4 Å². The average molecular weight is 653 g/mol. The van der Waals surface area contributed by atoms with Crippen LogP contribution >= 0.6 is 0 Å². The Balaban J connectivity index is 1.65. The molecule has 6 aliphatic rings. The number of amides is 1. The number of nitrogens with one attached hydrogen (secondary N) is 1. The molecule has 4 N–H and O–H groups in total. The maximum atomic E-state index is 13.9. The van der Waals surface area contributed by atoms with Gasteiger partial charge in [-0.2, -0.15) is 9.13 Å². The molecule has 0 bridgehead atoms. The molecular weight excluding hydrogens is 612 g/mol. The van der Waals surface area contributed by atoms with E-state index < -0.39 is 23.8 Å². The van der Waals surface area contributed by atoms with E-state index in [1.54, 1.807) is 6.92 Å². The molecular formula is C36H40N6O6+2. The minimum absolute atomic E-state index is 0.0356. The van der Waals surface area contributed by atoms with E-state index in [4.69, 9.17) is 10.6 Å². The van der Waals surface area contributed by atoms with Crippen molar-refractivity contribution in [1.82, 2.24) is 14.6 Å². The van der Waals surface area contributed by atoms with Gasteiger partial charge in [-0.05, 0) is 44.7 Å². The van der Waals surface area contributed by atoms with Crippen LogP contribution in [0.15, 0.2) is 11.4 Å². The third-order valence-corrected chi connectivity index (χ3v) is 11.9. The molecule has 0 fully saturated rings. The summed E-state index contributed by atoms with van der Waals surface area (Å²) in [6, 6.07) is 0. The van der Waals surface area contributed by atoms with E-state index in [0.717, 1.165) is 51.2 Å². The van der Waals surface area contributed by atoms with Crippen molar-refractivity contribution < 1.29 is 38.2 Å². The zero-order chi connectivity index (χ0) is 34.3. The molecule has 0 saturated heterocycles. The highest BCUT2D eigenvalue weighted by atomic mass is 16.5. The number of ketones is 1. The Labute approximate surface area is 276 Å². The number of methoxy groups -OCH3 is 1. The molecule has 0 saturated carbocycles. The lowest BCUT2D eigenvalue weighted by atomic mass is 9.83. The van der Waals surface area contributed by atoms with Crippen LogP contribution in [0.1, 0.15) is 96.6 Å². The molecule has 1 amide bonds. The number of esters is 1. The molecule has 0 radical (unpaired) electrons. The van der Waals surface area contributed by atoms with Gasteiger partial charge >= 0.3 is 17.8 Å². The lowest BCUT2D eigenvalue weighted by molar-refractivity contribution is -0.838. The Morgan fingerprint density at radius 2 is 1.65 bits per heavy atom. The van der Waals surface area contributed by atoms with Crippen LogP contribution in [0.3, 0.4) is 0 Å². The molecule has 8 heterocycles. The smallest absolute Gasteiger partial charge is 0.481 e. The highest BCUT2D eigenvalue weighted by Crippen LogP contribution is 2.56. The van der Waals surface area contributed by atoms with Gasteiger partial charge in [0.15, 0.2) is 22.9 Å². The summed E-state index contributed by atoms with van der Waals surface area (Å²) in [5, 5.41) is 11.6. The Morgan fingerprint density at radius 3 is 2.27 bits per heavy atom. The molecule has 12 heteroatoms. The lowest BCUT2D eigenvalue weighted by Gasteiger charge is -2.39. The van der Waals surface area contributed by atoms with Crippen LogP contribution in [-0.4, -0.2) is 65.6 Å². The van der Waals surface area contributed by atoms with Gasteiger partial charge in [0.25, 0.3) is 5.91 Å². The van der Waals surface area contributed by atoms with Crippen LogP contribution in [-0.2, 0) is 20.2 Å². The molecule has 2 aromatic rings. The van der Waals surface area contributed by atoms with Gasteiger partial charge in [0, 0.05) is 30.2 Å². The quantitative estimate of drug-likeness (QED) is 0.0982. The van der Waals surface area contributed by atoms with Crippen LogP contribution in [0.4, 0.5) is 0 Å². The van der Waals surface area contributed by atoms with Crippen molar-refractivity contribution in [2.24, 2.45) is 29.5 Å². The first-order valence-electron chi connectivity index (χ1n) is 16.7. The first-order chi connectivity index (χ1) is 22.9. The van der Waals surface area contributed by atoms with Gasteiger partial charge in [0.05, 0.1) is 70.4 Å². The highest BCUT2D eigenvalue weighted by molar-refractivity contribution is 6.14. The number of allylic oxidation sites excluding steroid dienone is 2. The molecule has 8 rings (SSSR count). The summed E-state index contributed by atoms with van der Waals surface area (Å²) < 4.78 is 14.3. The van der Waals surface area contributed by atoms with Crippen molar-refractivity contribution in [2.45, 2.75) is 73.1 Å². The maximum absolute atomic E-state index is 13.9. The fourth-order valence-electron chi connectivity index (χ4n) is 9.93. The van der Waals surface area contributed by atoms with Gasteiger partial charge in [0.1, 0.15) is 0 Å². The van der Waals surface area contributed by atoms with E-state index in [-0.39, 0.29) is 42.3 Å². The third kappa shape index (κ3) is 3.28. The van der Waals surface area contributed by atoms with E-state index >= 15 is 0 Å². The number of Topliss-reactive ketones (excluding diaryl/α,β-unsaturated/α-hetero) is 1. The normalized spacial score (nSPS) is 26.5. The number of rotatable bonds is 8. The molecule has 48 heavy (non-hydrogen) atoms. The van der Waals surface area contributed by atoms with Gasteiger partial charge in [-0.1, -0.05) is 29.9 Å². The topological polar surface area (TPSA) is 152 Å². The molecule has 12 nitrogen and oxygen atoms in total. The van der Waals surface area contributed by atoms with Crippen LogP contribution < -0.4 is 22.0 Å². The fraction of sp³-hybridized carbons (Fsp3) is 0.444. The summed E-state index contributed by atoms with van der Waals surface area (Å²) in [6.07, 6.45) is 7.47. The second-order valence-corrected chi connectivity index (χ2v) is 13.9. The minimum atomic E-state index is -1.16. The SMILES string of the molecule is CC[C@H]1C2=Cc3c(C)c(C(=O)NN)c4n3[C@@]35n6c(c(C)c(C(C)=O)c6=CC(=[N+]23)[C@@H]1C)=CC1=[N+]5C(=C4CC(=O)OC)[C@@H](CCC(=O)O)[C@@H]1C. The minimum Gasteiger partial charge on any atom is -0.481 e.